The highest BCUT2D eigenvalue weighted by atomic mass is 35.5. The van der Waals surface area contributed by atoms with E-state index in [4.69, 9.17) is 32.4 Å². The highest BCUT2D eigenvalue weighted by molar-refractivity contribution is 6.31. The minimum atomic E-state index is -1.00. The van der Waals surface area contributed by atoms with Crippen LogP contribution in [0.3, 0.4) is 0 Å². The van der Waals surface area contributed by atoms with Gasteiger partial charge in [0.25, 0.3) is 5.91 Å². The number of rotatable bonds is 9. The maximum Gasteiger partial charge on any atom is 0.287 e. The lowest BCUT2D eigenvalue weighted by molar-refractivity contribution is -0.132. The second-order valence-corrected chi connectivity index (χ2v) is 10.1. The third kappa shape index (κ3) is 6.88. The number of furan rings is 1. The molecular formula is C28H25Cl2N5O5. The van der Waals surface area contributed by atoms with Crippen molar-refractivity contribution in [1.29, 1.82) is 0 Å². The fourth-order valence-corrected chi connectivity index (χ4v) is 4.64. The summed E-state index contributed by atoms with van der Waals surface area (Å²) in [7, 11) is 0. The van der Waals surface area contributed by atoms with Gasteiger partial charge in [-0.25, -0.2) is 4.98 Å². The largest absolute Gasteiger partial charge is 0.472 e. The normalized spacial score (nSPS) is 15.6. The van der Waals surface area contributed by atoms with E-state index in [1.165, 1.54) is 6.20 Å². The van der Waals surface area contributed by atoms with E-state index in [-0.39, 0.29) is 30.7 Å². The Labute approximate surface area is 239 Å². The van der Waals surface area contributed by atoms with Crippen molar-refractivity contribution in [2.24, 2.45) is 0 Å². The molecule has 1 aromatic carbocycles. The Morgan fingerprint density at radius 2 is 1.93 bits per heavy atom. The van der Waals surface area contributed by atoms with Crippen molar-refractivity contribution in [2.45, 2.75) is 25.0 Å². The van der Waals surface area contributed by atoms with Crippen molar-refractivity contribution >= 4 is 51.9 Å². The molecule has 3 aromatic heterocycles. The third-order valence-electron chi connectivity index (χ3n) is 6.36. The van der Waals surface area contributed by atoms with Crippen LogP contribution < -0.4 is 15.4 Å². The number of carbonyl (C=O) groups is 3. The van der Waals surface area contributed by atoms with E-state index in [1.54, 1.807) is 65.7 Å². The second-order valence-electron chi connectivity index (χ2n) is 9.24. The molecule has 206 valence electrons. The van der Waals surface area contributed by atoms with Crippen LogP contribution in [0.15, 0.2) is 71.4 Å². The van der Waals surface area contributed by atoms with E-state index < -0.39 is 17.9 Å². The number of pyridine rings is 2. The molecule has 0 unspecified atom stereocenters. The van der Waals surface area contributed by atoms with E-state index in [1.807, 2.05) is 0 Å². The summed E-state index contributed by atoms with van der Waals surface area (Å²) in [6.45, 7) is 0.614. The molecular weight excluding hydrogens is 557 g/mol. The number of ether oxygens (including phenoxy) is 1. The van der Waals surface area contributed by atoms with Gasteiger partial charge in [-0.1, -0.05) is 29.3 Å². The fourth-order valence-electron chi connectivity index (χ4n) is 4.34. The molecule has 4 aromatic rings. The molecule has 1 aliphatic heterocycles. The molecule has 2 atom stereocenters. The molecule has 5 rings (SSSR count). The number of nitrogens with zero attached hydrogens (tertiary/aromatic N) is 3. The molecule has 0 radical (unpaired) electrons. The number of likely N-dealkylation sites (tertiary alicyclic amines) is 1. The number of benzene rings is 1. The van der Waals surface area contributed by atoms with E-state index in [2.05, 4.69) is 20.6 Å². The summed E-state index contributed by atoms with van der Waals surface area (Å²) in [5.41, 5.74) is 1.09. The zero-order valence-electron chi connectivity index (χ0n) is 21.2. The van der Waals surface area contributed by atoms with Crippen LogP contribution in [0.4, 0.5) is 0 Å². The van der Waals surface area contributed by atoms with Gasteiger partial charge in [-0.15, -0.1) is 0 Å². The number of fused-ring (bicyclic) bond motifs is 1. The first kappa shape index (κ1) is 27.4. The van der Waals surface area contributed by atoms with Crippen molar-refractivity contribution in [1.82, 2.24) is 25.5 Å². The van der Waals surface area contributed by atoms with Gasteiger partial charge in [-0.05, 0) is 42.5 Å². The van der Waals surface area contributed by atoms with E-state index in [0.29, 0.717) is 52.1 Å². The van der Waals surface area contributed by atoms with E-state index in [9.17, 15) is 14.4 Å². The summed E-state index contributed by atoms with van der Waals surface area (Å²) in [5.74, 6) is -0.905. The lowest BCUT2D eigenvalue weighted by Crippen LogP contribution is -2.50. The SMILES string of the molecule is O=C(N[C@@H](Cc1ccccn1)C(=O)NCC(=O)N1CC[C@H](Oc2ccc(Cl)cn2)C1)c1cc2cc(Cl)ccc2o1. The Balaban J connectivity index is 1.19. The molecule has 0 bridgehead atoms. The van der Waals surface area contributed by atoms with E-state index >= 15 is 0 Å². The molecule has 4 heterocycles. The Bertz CT molecular complexity index is 1510. The lowest BCUT2D eigenvalue weighted by Gasteiger charge is -2.20. The molecule has 1 fully saturated rings. The number of amides is 3. The monoisotopic (exact) mass is 581 g/mol. The smallest absolute Gasteiger partial charge is 0.287 e. The summed E-state index contributed by atoms with van der Waals surface area (Å²) >= 11 is 11.9. The minimum absolute atomic E-state index is 0.0328. The van der Waals surface area contributed by atoms with Crippen molar-refractivity contribution < 1.29 is 23.5 Å². The van der Waals surface area contributed by atoms with Crippen molar-refractivity contribution in [2.75, 3.05) is 19.6 Å². The van der Waals surface area contributed by atoms with E-state index in [0.717, 1.165) is 0 Å². The molecule has 0 saturated carbocycles. The van der Waals surface area contributed by atoms with Crippen LogP contribution in [0.5, 0.6) is 5.88 Å². The number of hydrogen-bond donors (Lipinski definition) is 2. The van der Waals surface area contributed by atoms with Crippen molar-refractivity contribution in [3.63, 3.8) is 0 Å². The molecule has 0 aliphatic carbocycles. The van der Waals surface area contributed by atoms with Gasteiger partial charge in [0.15, 0.2) is 5.76 Å². The highest BCUT2D eigenvalue weighted by Gasteiger charge is 2.29. The Morgan fingerprint density at radius 3 is 2.70 bits per heavy atom. The zero-order valence-corrected chi connectivity index (χ0v) is 22.7. The number of aromatic nitrogens is 2. The molecule has 40 heavy (non-hydrogen) atoms. The maximum atomic E-state index is 13.2. The summed E-state index contributed by atoms with van der Waals surface area (Å²) in [6, 6.07) is 14.2. The minimum Gasteiger partial charge on any atom is -0.472 e. The van der Waals surface area contributed by atoms with Gasteiger partial charge < -0.3 is 24.7 Å². The van der Waals surface area contributed by atoms with Gasteiger partial charge >= 0.3 is 0 Å². The van der Waals surface area contributed by atoms with Crippen molar-refractivity contribution in [3.8, 4) is 5.88 Å². The summed E-state index contributed by atoms with van der Waals surface area (Å²) in [5, 5.41) is 7.04. The summed E-state index contributed by atoms with van der Waals surface area (Å²) in [4.78, 5) is 49.0. The summed E-state index contributed by atoms with van der Waals surface area (Å²) in [6.07, 6.45) is 3.62. The van der Waals surface area contributed by atoms with Crippen LogP contribution in [0.1, 0.15) is 22.7 Å². The molecule has 3 amide bonds. The number of nitrogens with one attached hydrogen (secondary N) is 2. The van der Waals surface area contributed by atoms with Crippen LogP contribution in [-0.4, -0.2) is 64.4 Å². The van der Waals surface area contributed by atoms with Gasteiger partial charge in [0.05, 0.1) is 18.1 Å². The van der Waals surface area contributed by atoms with Crippen molar-refractivity contribution in [3.05, 3.63) is 88.5 Å². The lowest BCUT2D eigenvalue weighted by atomic mass is 10.1. The van der Waals surface area contributed by atoms with Gasteiger partial charge in [-0.3, -0.25) is 19.4 Å². The molecule has 1 saturated heterocycles. The first-order valence-electron chi connectivity index (χ1n) is 12.6. The van der Waals surface area contributed by atoms with Crippen LogP contribution in [0, 0.1) is 0 Å². The standard InChI is InChI=1S/C28H25Cl2N5O5/c29-18-4-6-23-17(11-18)12-24(40-23)28(38)34-22(13-20-3-1-2-9-31-20)27(37)33-15-26(36)35-10-8-21(16-35)39-25-7-5-19(30)14-32-25/h1-7,9,11-12,14,21-22H,8,10,13,15-16H2,(H,33,37)(H,34,38)/t21-,22-/m0/s1. The molecule has 10 nitrogen and oxygen atoms in total. The van der Waals surface area contributed by atoms with Crippen LogP contribution >= 0.6 is 23.2 Å². The van der Waals surface area contributed by atoms with Gasteiger partial charge in [-0.2, -0.15) is 0 Å². The van der Waals surface area contributed by atoms with Crippen LogP contribution in [0.25, 0.3) is 11.0 Å². The Morgan fingerprint density at radius 1 is 1.07 bits per heavy atom. The Kier molecular flexibility index (Phi) is 8.47. The number of halogens is 2. The average molecular weight is 582 g/mol. The maximum absolute atomic E-state index is 13.2. The number of hydrogen-bond acceptors (Lipinski definition) is 7. The van der Waals surface area contributed by atoms with Gasteiger partial charge in [0.2, 0.25) is 17.7 Å². The fraction of sp³-hybridized carbons (Fsp3) is 0.250. The van der Waals surface area contributed by atoms with Crippen LogP contribution in [0.2, 0.25) is 10.0 Å². The van der Waals surface area contributed by atoms with Crippen LogP contribution in [-0.2, 0) is 16.0 Å². The first-order valence-corrected chi connectivity index (χ1v) is 13.3. The highest BCUT2D eigenvalue weighted by Crippen LogP contribution is 2.23. The first-order chi connectivity index (χ1) is 19.3. The molecule has 12 heteroatoms. The quantitative estimate of drug-likeness (QED) is 0.309. The average Bonchev–Trinajstić information content (AvgIpc) is 3.60. The third-order valence-corrected chi connectivity index (χ3v) is 6.82. The topological polar surface area (TPSA) is 127 Å². The predicted octanol–water partition coefficient (Wildman–Crippen LogP) is 3.67. The molecule has 2 N–H and O–H groups in total. The Hall–Kier alpha value is -4.15. The summed E-state index contributed by atoms with van der Waals surface area (Å²) < 4.78 is 11.5. The second kappa shape index (κ2) is 12.4. The predicted molar refractivity (Wildman–Crippen MR) is 148 cm³/mol. The van der Waals surface area contributed by atoms with Gasteiger partial charge in [0.1, 0.15) is 17.7 Å². The zero-order chi connectivity index (χ0) is 28.1. The van der Waals surface area contributed by atoms with Gasteiger partial charge in [0, 0.05) is 53.9 Å². The molecule has 0 spiro atoms. The molecule has 1 aliphatic rings. The number of carbonyl (C=O) groups excluding carboxylic acids is 3.